The number of carboxylic acid groups (broad SMARTS) is 1. The molecule has 0 radical (unpaired) electrons. The van der Waals surface area contributed by atoms with E-state index in [9.17, 15) is 4.79 Å². The lowest BCUT2D eigenvalue weighted by molar-refractivity contribution is -0.139. The van der Waals surface area contributed by atoms with E-state index in [2.05, 4.69) is 4.72 Å². The molecule has 1 aromatic rings. The average Bonchev–Trinajstić information content (AvgIpc) is 2.20. The van der Waals surface area contributed by atoms with Crippen molar-refractivity contribution in [3.8, 4) is 0 Å². The van der Waals surface area contributed by atoms with Crippen molar-refractivity contribution in [2.45, 2.75) is 10.9 Å². The third kappa shape index (κ3) is 3.37. The summed E-state index contributed by atoms with van der Waals surface area (Å²) in [5.74, 6) is -1.06. The summed E-state index contributed by atoms with van der Waals surface area (Å²) in [5.41, 5.74) is 0. The number of carbonyl (C=O) groups is 1. The topological polar surface area (TPSA) is 69.6 Å². The van der Waals surface area contributed by atoms with Crippen LogP contribution in [0.25, 0.3) is 0 Å². The smallest absolute Gasteiger partial charge is 0.323 e. The van der Waals surface area contributed by atoms with Crippen molar-refractivity contribution >= 4 is 17.9 Å². The third-order valence-corrected chi connectivity index (χ3v) is 2.45. The Balaban J connectivity index is 2.44. The van der Waals surface area contributed by atoms with Crippen molar-refractivity contribution in [1.29, 1.82) is 0 Å². The van der Waals surface area contributed by atoms with Crippen molar-refractivity contribution in [1.82, 2.24) is 4.72 Å². The molecular weight excluding hydrogens is 202 g/mol. The zero-order valence-corrected chi connectivity index (χ0v) is 8.20. The third-order valence-electron chi connectivity index (χ3n) is 1.54. The van der Waals surface area contributed by atoms with Crippen LogP contribution in [0.1, 0.15) is 0 Å². The Labute approximate surface area is 86.1 Å². The van der Waals surface area contributed by atoms with Gasteiger partial charge in [0, 0.05) is 4.90 Å². The van der Waals surface area contributed by atoms with Gasteiger partial charge in [-0.25, -0.2) is 4.72 Å². The van der Waals surface area contributed by atoms with Crippen molar-refractivity contribution in [3.05, 3.63) is 30.3 Å². The normalized spacial score (nSPS) is 12.4. The fourth-order valence-corrected chi connectivity index (χ4v) is 1.54. The van der Waals surface area contributed by atoms with Gasteiger partial charge < -0.3 is 10.2 Å². The van der Waals surface area contributed by atoms with Crippen LogP contribution < -0.4 is 4.72 Å². The van der Waals surface area contributed by atoms with Gasteiger partial charge in [0.25, 0.3) is 0 Å². The largest absolute Gasteiger partial charge is 0.480 e. The van der Waals surface area contributed by atoms with Crippen molar-refractivity contribution in [2.24, 2.45) is 0 Å². The lowest BCUT2D eigenvalue weighted by Gasteiger charge is -2.09. The summed E-state index contributed by atoms with van der Waals surface area (Å²) >= 11 is 1.19. The molecule has 0 aromatic heterocycles. The van der Waals surface area contributed by atoms with Gasteiger partial charge in [0.05, 0.1) is 6.61 Å². The highest BCUT2D eigenvalue weighted by Crippen LogP contribution is 2.13. The maximum atomic E-state index is 10.5. The highest BCUT2D eigenvalue weighted by molar-refractivity contribution is 7.97. The van der Waals surface area contributed by atoms with Gasteiger partial charge in [-0.05, 0) is 24.1 Å². The fourth-order valence-electron chi connectivity index (χ4n) is 0.793. The zero-order chi connectivity index (χ0) is 10.4. The van der Waals surface area contributed by atoms with Gasteiger partial charge in [-0.15, -0.1) is 0 Å². The number of aliphatic hydroxyl groups is 1. The lowest BCUT2D eigenvalue weighted by atomic mass is 10.3. The summed E-state index contributed by atoms with van der Waals surface area (Å²) in [6, 6.07) is 8.38. The van der Waals surface area contributed by atoms with E-state index < -0.39 is 18.6 Å². The standard InChI is InChI=1S/C9H11NO3S/c11-6-8(9(12)13)10-14-7-4-2-1-3-5-7/h1-5,8,10-11H,6H2,(H,12,13)/t8-/m0/s1. The molecule has 5 heteroatoms. The summed E-state index contributed by atoms with van der Waals surface area (Å²) in [4.78, 5) is 11.4. The van der Waals surface area contributed by atoms with Crippen LogP contribution in [0.4, 0.5) is 0 Å². The molecule has 0 saturated carbocycles. The number of hydrogen-bond acceptors (Lipinski definition) is 4. The summed E-state index contributed by atoms with van der Waals surface area (Å²) in [6.07, 6.45) is 0. The maximum Gasteiger partial charge on any atom is 0.323 e. The van der Waals surface area contributed by atoms with E-state index in [1.165, 1.54) is 11.9 Å². The number of benzene rings is 1. The van der Waals surface area contributed by atoms with Crippen LogP contribution in [0.5, 0.6) is 0 Å². The second kappa shape index (κ2) is 5.64. The molecule has 0 fully saturated rings. The highest BCUT2D eigenvalue weighted by atomic mass is 32.2. The first-order valence-electron chi connectivity index (χ1n) is 4.05. The maximum absolute atomic E-state index is 10.5. The van der Waals surface area contributed by atoms with E-state index in [4.69, 9.17) is 10.2 Å². The molecule has 3 N–H and O–H groups in total. The van der Waals surface area contributed by atoms with Crippen LogP contribution in [-0.4, -0.2) is 28.8 Å². The van der Waals surface area contributed by atoms with Gasteiger partial charge in [0.1, 0.15) is 6.04 Å². The molecule has 0 aliphatic heterocycles. The molecule has 0 unspecified atom stereocenters. The monoisotopic (exact) mass is 213 g/mol. The van der Waals surface area contributed by atoms with E-state index in [0.717, 1.165) is 4.90 Å². The summed E-state index contributed by atoms with van der Waals surface area (Å²) in [7, 11) is 0. The minimum atomic E-state index is -1.06. The Bertz CT molecular complexity index is 291. The molecule has 1 atom stereocenters. The van der Waals surface area contributed by atoms with Gasteiger partial charge in [0.2, 0.25) is 0 Å². The van der Waals surface area contributed by atoms with E-state index in [1.807, 2.05) is 30.3 Å². The van der Waals surface area contributed by atoms with E-state index in [0.29, 0.717) is 0 Å². The molecule has 1 rings (SSSR count). The van der Waals surface area contributed by atoms with Crippen LogP contribution >= 0.6 is 11.9 Å². The second-order valence-corrected chi connectivity index (χ2v) is 3.52. The van der Waals surface area contributed by atoms with Crippen molar-refractivity contribution < 1.29 is 15.0 Å². The highest BCUT2D eigenvalue weighted by Gasteiger charge is 2.15. The molecular formula is C9H11NO3S. The number of hydrogen-bond donors (Lipinski definition) is 3. The predicted molar refractivity (Wildman–Crippen MR) is 53.9 cm³/mol. The molecule has 76 valence electrons. The molecule has 0 spiro atoms. The Kier molecular flexibility index (Phi) is 4.45. The Morgan fingerprint density at radius 3 is 2.57 bits per heavy atom. The Hall–Kier alpha value is -1.04. The van der Waals surface area contributed by atoms with Gasteiger partial charge in [0.15, 0.2) is 0 Å². The number of aliphatic hydroxyl groups excluding tert-OH is 1. The van der Waals surface area contributed by atoms with Crippen LogP contribution in [0.15, 0.2) is 35.2 Å². The zero-order valence-electron chi connectivity index (χ0n) is 7.38. The first-order chi connectivity index (χ1) is 6.74. The summed E-state index contributed by atoms with van der Waals surface area (Å²) in [5, 5.41) is 17.3. The van der Waals surface area contributed by atoms with Gasteiger partial charge in [-0.3, -0.25) is 4.79 Å². The summed E-state index contributed by atoms with van der Waals surface area (Å²) < 4.78 is 2.65. The Morgan fingerprint density at radius 1 is 1.43 bits per heavy atom. The molecule has 0 heterocycles. The van der Waals surface area contributed by atoms with Gasteiger partial charge >= 0.3 is 5.97 Å². The number of nitrogens with one attached hydrogen (secondary N) is 1. The number of aliphatic carboxylic acids is 1. The second-order valence-electron chi connectivity index (χ2n) is 2.61. The minimum Gasteiger partial charge on any atom is -0.480 e. The molecule has 4 nitrogen and oxygen atoms in total. The SMILES string of the molecule is O=C(O)[C@H](CO)NSc1ccccc1. The average molecular weight is 213 g/mol. The van der Waals surface area contributed by atoms with Crippen LogP contribution in [0.2, 0.25) is 0 Å². The van der Waals surface area contributed by atoms with E-state index in [-0.39, 0.29) is 0 Å². The molecule has 0 aliphatic carbocycles. The predicted octanol–water partition coefficient (Wildman–Crippen LogP) is 0.729. The van der Waals surface area contributed by atoms with E-state index in [1.54, 1.807) is 0 Å². The van der Waals surface area contributed by atoms with Crippen molar-refractivity contribution in [3.63, 3.8) is 0 Å². The Morgan fingerprint density at radius 2 is 2.07 bits per heavy atom. The molecule has 0 aliphatic rings. The van der Waals surface area contributed by atoms with Crippen LogP contribution in [-0.2, 0) is 4.79 Å². The molecule has 1 aromatic carbocycles. The molecule has 0 amide bonds. The first kappa shape index (κ1) is 11.0. The number of carboxylic acids is 1. The first-order valence-corrected chi connectivity index (χ1v) is 4.86. The van der Waals surface area contributed by atoms with E-state index >= 15 is 0 Å². The minimum absolute atomic E-state index is 0.421. The van der Waals surface area contributed by atoms with Gasteiger partial charge in [-0.1, -0.05) is 18.2 Å². The molecule has 14 heavy (non-hydrogen) atoms. The van der Waals surface area contributed by atoms with Gasteiger partial charge in [-0.2, -0.15) is 0 Å². The lowest BCUT2D eigenvalue weighted by Crippen LogP contribution is -2.35. The number of rotatable bonds is 5. The van der Waals surface area contributed by atoms with Crippen LogP contribution in [0, 0.1) is 0 Å². The van der Waals surface area contributed by atoms with Crippen molar-refractivity contribution in [2.75, 3.05) is 6.61 Å². The molecule has 0 bridgehead atoms. The fraction of sp³-hybridized carbons (Fsp3) is 0.222. The molecule has 0 saturated heterocycles. The van der Waals surface area contributed by atoms with Crippen LogP contribution in [0.3, 0.4) is 0 Å². The summed E-state index contributed by atoms with van der Waals surface area (Å²) in [6.45, 7) is -0.421. The quantitative estimate of drug-likeness (QED) is 0.629.